The number of anilines is 1. The maximum absolute atomic E-state index is 13.0. The summed E-state index contributed by atoms with van der Waals surface area (Å²) in [5.74, 6) is 0.279. The van der Waals surface area contributed by atoms with Crippen LogP contribution in [0.5, 0.6) is 0 Å². The topological polar surface area (TPSA) is 28.0 Å². The Hall–Kier alpha value is -2.33. The molecule has 1 aliphatic heterocycles. The van der Waals surface area contributed by atoms with Crippen LogP contribution in [0.15, 0.2) is 48.5 Å². The van der Waals surface area contributed by atoms with Gasteiger partial charge in [-0.2, -0.15) is 0 Å². The third-order valence-corrected chi connectivity index (χ3v) is 6.53. The van der Waals surface area contributed by atoms with Crippen LogP contribution in [-0.2, 0) is 11.2 Å². The SMILES string of the molecule is Cc1ccccc1N1CC[NH+](CC(=O)N(C)[C@@H]2CCCc3ccccc32)CC1. The molecule has 4 nitrogen and oxygen atoms in total. The first kappa shape index (κ1) is 19.0. The number of para-hydroxylation sites is 1. The number of nitrogens with zero attached hydrogens (tertiary/aromatic N) is 2. The maximum Gasteiger partial charge on any atom is 0.278 e. The number of rotatable bonds is 4. The van der Waals surface area contributed by atoms with E-state index >= 15 is 0 Å². The molecule has 4 heteroatoms. The standard InChI is InChI=1S/C24H31N3O/c1-19-8-3-6-12-22(19)27-16-14-26(15-17-27)18-24(28)25(2)23-13-7-10-20-9-4-5-11-21(20)23/h3-6,8-9,11-12,23H,7,10,13-18H2,1-2H3/p+1/t23-/m1/s1. The minimum atomic E-state index is 0.241. The van der Waals surface area contributed by atoms with E-state index in [0.717, 1.165) is 39.0 Å². The van der Waals surface area contributed by atoms with E-state index in [-0.39, 0.29) is 11.9 Å². The number of benzene rings is 2. The van der Waals surface area contributed by atoms with E-state index in [4.69, 9.17) is 0 Å². The molecule has 148 valence electrons. The van der Waals surface area contributed by atoms with E-state index < -0.39 is 0 Å². The number of nitrogens with one attached hydrogen (secondary N) is 1. The molecule has 1 saturated heterocycles. The Labute approximate surface area is 168 Å². The van der Waals surface area contributed by atoms with Gasteiger partial charge in [-0.15, -0.1) is 0 Å². The van der Waals surface area contributed by atoms with Gasteiger partial charge in [-0.05, 0) is 48.9 Å². The molecule has 1 amide bonds. The Balaban J connectivity index is 1.34. The van der Waals surface area contributed by atoms with Crippen molar-refractivity contribution in [2.24, 2.45) is 0 Å². The molecule has 4 rings (SSSR count). The average molecular weight is 379 g/mol. The molecule has 1 atom stereocenters. The van der Waals surface area contributed by atoms with Gasteiger partial charge in [-0.25, -0.2) is 0 Å². The van der Waals surface area contributed by atoms with Gasteiger partial charge in [0.15, 0.2) is 6.54 Å². The maximum atomic E-state index is 13.0. The summed E-state index contributed by atoms with van der Waals surface area (Å²) < 4.78 is 0. The second kappa shape index (κ2) is 8.36. The van der Waals surface area contributed by atoms with Gasteiger partial charge in [0, 0.05) is 12.7 Å². The Morgan fingerprint density at radius 2 is 1.82 bits per heavy atom. The Bertz CT molecular complexity index is 826. The number of piperazine rings is 1. The number of fused-ring (bicyclic) bond motifs is 1. The van der Waals surface area contributed by atoms with Crippen LogP contribution < -0.4 is 9.80 Å². The highest BCUT2D eigenvalue weighted by Gasteiger charge is 2.29. The van der Waals surface area contributed by atoms with Crippen LogP contribution in [0.2, 0.25) is 0 Å². The minimum absolute atomic E-state index is 0.241. The van der Waals surface area contributed by atoms with E-state index in [0.29, 0.717) is 6.54 Å². The molecule has 0 bridgehead atoms. The van der Waals surface area contributed by atoms with Crippen LogP contribution in [0, 0.1) is 6.92 Å². The normalized spacial score (nSPS) is 19.9. The van der Waals surface area contributed by atoms with E-state index in [1.807, 2.05) is 11.9 Å². The van der Waals surface area contributed by atoms with E-state index in [2.05, 4.69) is 60.4 Å². The van der Waals surface area contributed by atoms with Crippen LogP contribution in [-0.4, -0.2) is 50.6 Å². The second-order valence-corrected chi connectivity index (χ2v) is 8.31. The molecule has 2 aromatic rings. The smallest absolute Gasteiger partial charge is 0.278 e. The summed E-state index contributed by atoms with van der Waals surface area (Å²) in [6.07, 6.45) is 3.39. The number of amides is 1. The fourth-order valence-electron chi connectivity index (χ4n) is 4.80. The third kappa shape index (κ3) is 3.93. The van der Waals surface area contributed by atoms with Crippen molar-refractivity contribution in [1.29, 1.82) is 0 Å². The molecule has 2 aliphatic rings. The van der Waals surface area contributed by atoms with Gasteiger partial charge >= 0.3 is 0 Å². The lowest BCUT2D eigenvalue weighted by Crippen LogP contribution is -3.15. The monoisotopic (exact) mass is 378 g/mol. The molecule has 2 aromatic carbocycles. The largest absolute Gasteiger partial charge is 0.360 e. The van der Waals surface area contributed by atoms with Gasteiger partial charge in [0.05, 0.1) is 32.2 Å². The molecule has 28 heavy (non-hydrogen) atoms. The molecule has 0 saturated carbocycles. The molecule has 0 unspecified atom stereocenters. The molecule has 1 aliphatic carbocycles. The number of quaternary nitrogens is 1. The summed E-state index contributed by atoms with van der Waals surface area (Å²) in [5.41, 5.74) is 5.43. The molecule has 0 spiro atoms. The van der Waals surface area contributed by atoms with Crippen LogP contribution in [0.3, 0.4) is 0 Å². The van der Waals surface area contributed by atoms with Crippen molar-refractivity contribution in [3.05, 3.63) is 65.2 Å². The first-order valence-electron chi connectivity index (χ1n) is 10.6. The zero-order valence-corrected chi connectivity index (χ0v) is 17.2. The Kier molecular flexibility index (Phi) is 5.67. The number of hydrogen-bond donors (Lipinski definition) is 1. The van der Waals surface area contributed by atoms with E-state index in [1.165, 1.54) is 33.7 Å². The van der Waals surface area contributed by atoms with Crippen molar-refractivity contribution in [2.45, 2.75) is 32.2 Å². The number of hydrogen-bond acceptors (Lipinski definition) is 2. The lowest BCUT2D eigenvalue weighted by molar-refractivity contribution is -0.892. The lowest BCUT2D eigenvalue weighted by atomic mass is 9.87. The van der Waals surface area contributed by atoms with Crippen molar-refractivity contribution in [3.8, 4) is 0 Å². The summed E-state index contributed by atoms with van der Waals surface area (Å²) in [5, 5.41) is 0. The van der Waals surface area contributed by atoms with Crippen LogP contribution in [0.25, 0.3) is 0 Å². The van der Waals surface area contributed by atoms with Crippen LogP contribution in [0.1, 0.15) is 35.6 Å². The first-order valence-corrected chi connectivity index (χ1v) is 10.6. The molecule has 1 fully saturated rings. The summed E-state index contributed by atoms with van der Waals surface area (Å²) in [6.45, 7) is 6.86. The number of aryl methyl sites for hydroxylation is 2. The van der Waals surface area contributed by atoms with Gasteiger partial charge in [-0.3, -0.25) is 4.79 Å². The second-order valence-electron chi connectivity index (χ2n) is 8.31. The summed E-state index contributed by atoms with van der Waals surface area (Å²) in [4.78, 5) is 18.9. The van der Waals surface area contributed by atoms with Gasteiger partial charge < -0.3 is 14.7 Å². The minimum Gasteiger partial charge on any atom is -0.360 e. The van der Waals surface area contributed by atoms with Crippen molar-refractivity contribution in [2.75, 3.05) is 44.7 Å². The van der Waals surface area contributed by atoms with Crippen molar-refractivity contribution < 1.29 is 9.69 Å². The lowest BCUT2D eigenvalue weighted by Gasteiger charge is -2.36. The summed E-state index contributed by atoms with van der Waals surface area (Å²) in [7, 11) is 2.00. The van der Waals surface area contributed by atoms with Gasteiger partial charge in [0.2, 0.25) is 0 Å². The zero-order valence-electron chi connectivity index (χ0n) is 17.2. The third-order valence-electron chi connectivity index (χ3n) is 6.53. The molecule has 0 aromatic heterocycles. The van der Waals surface area contributed by atoms with Crippen molar-refractivity contribution in [1.82, 2.24) is 4.90 Å². The predicted molar refractivity (Wildman–Crippen MR) is 114 cm³/mol. The summed E-state index contributed by atoms with van der Waals surface area (Å²) >= 11 is 0. The molecule has 0 radical (unpaired) electrons. The molecular formula is C24H32N3O+. The van der Waals surface area contributed by atoms with Gasteiger partial charge in [0.25, 0.3) is 5.91 Å². The summed E-state index contributed by atoms with van der Waals surface area (Å²) in [6, 6.07) is 17.5. The molecular weight excluding hydrogens is 346 g/mol. The van der Waals surface area contributed by atoms with E-state index in [1.54, 1.807) is 0 Å². The number of likely N-dealkylation sites (N-methyl/N-ethyl adjacent to an activating group) is 1. The number of carbonyl (C=O) groups is 1. The fourth-order valence-corrected chi connectivity index (χ4v) is 4.80. The van der Waals surface area contributed by atoms with E-state index in [9.17, 15) is 4.79 Å². The fraction of sp³-hybridized carbons (Fsp3) is 0.458. The average Bonchev–Trinajstić information content (AvgIpc) is 2.74. The molecule has 1 N–H and O–H groups in total. The van der Waals surface area contributed by atoms with Gasteiger partial charge in [-0.1, -0.05) is 42.5 Å². The predicted octanol–water partition coefficient (Wildman–Crippen LogP) is 2.24. The first-order chi connectivity index (χ1) is 13.6. The zero-order chi connectivity index (χ0) is 19.5. The quantitative estimate of drug-likeness (QED) is 0.884. The Morgan fingerprint density at radius 1 is 1.11 bits per heavy atom. The Morgan fingerprint density at radius 3 is 2.61 bits per heavy atom. The highest BCUT2D eigenvalue weighted by atomic mass is 16.2. The van der Waals surface area contributed by atoms with Crippen molar-refractivity contribution in [3.63, 3.8) is 0 Å². The van der Waals surface area contributed by atoms with Crippen LogP contribution in [0.4, 0.5) is 5.69 Å². The highest BCUT2D eigenvalue weighted by Crippen LogP contribution is 2.33. The van der Waals surface area contributed by atoms with Crippen molar-refractivity contribution >= 4 is 11.6 Å². The molecule has 1 heterocycles. The van der Waals surface area contributed by atoms with Gasteiger partial charge in [0.1, 0.15) is 0 Å². The van der Waals surface area contributed by atoms with Crippen LogP contribution >= 0.6 is 0 Å². The highest BCUT2D eigenvalue weighted by molar-refractivity contribution is 5.77. The number of carbonyl (C=O) groups excluding carboxylic acids is 1.